The van der Waals surface area contributed by atoms with Gasteiger partial charge in [0.25, 0.3) is 0 Å². The van der Waals surface area contributed by atoms with Crippen LogP contribution in [0.25, 0.3) is 0 Å². The molecule has 0 bridgehead atoms. The van der Waals surface area contributed by atoms with E-state index in [2.05, 4.69) is 94.5 Å². The van der Waals surface area contributed by atoms with Gasteiger partial charge in [0.1, 0.15) is 0 Å². The average Bonchev–Trinajstić information content (AvgIpc) is 2.62. The lowest BCUT2D eigenvalue weighted by Gasteiger charge is -2.37. The Morgan fingerprint density at radius 1 is 1.00 bits per heavy atom. The van der Waals surface area contributed by atoms with E-state index in [1.54, 1.807) is 0 Å². The Morgan fingerprint density at radius 2 is 1.46 bits per heavy atom. The van der Waals surface area contributed by atoms with Gasteiger partial charge in [-0.05, 0) is 79.2 Å². The topological polar surface area (TPSA) is 36.9 Å². The maximum atomic E-state index is 6.45. The zero-order chi connectivity index (χ0) is 22.2. The molecule has 0 saturated carbocycles. The van der Waals surface area contributed by atoms with E-state index in [1.165, 1.54) is 5.20 Å². The van der Waals surface area contributed by atoms with Crippen molar-refractivity contribution in [1.82, 2.24) is 0 Å². The van der Waals surface area contributed by atoms with Crippen LogP contribution < -0.4 is 0 Å². The second kappa shape index (κ2) is 8.67. The van der Waals surface area contributed by atoms with Crippen LogP contribution in [0.5, 0.6) is 0 Å². The minimum absolute atomic E-state index is 0.199. The highest BCUT2D eigenvalue weighted by atomic mass is 28.4. The van der Waals surface area contributed by atoms with Crippen LogP contribution in [0.4, 0.5) is 0 Å². The van der Waals surface area contributed by atoms with Gasteiger partial charge in [0, 0.05) is 12.7 Å². The number of hydrogen-bond donors (Lipinski definition) is 0. The molecule has 0 aromatic rings. The third-order valence-corrected chi connectivity index (χ3v) is 14.1. The van der Waals surface area contributed by atoms with Crippen molar-refractivity contribution < 1.29 is 18.2 Å². The Hall–Kier alpha value is 0.0787. The smallest absolute Gasteiger partial charge is 0.417 e. The number of rotatable bonds is 8. The van der Waals surface area contributed by atoms with Gasteiger partial charge in [0.2, 0.25) is 8.32 Å². The summed E-state index contributed by atoms with van der Waals surface area (Å²) in [5.74, 6) is 2.17. The summed E-state index contributed by atoms with van der Waals surface area (Å²) in [4.78, 5) is 0. The lowest BCUT2D eigenvalue weighted by Crippen LogP contribution is -2.42. The van der Waals surface area contributed by atoms with Crippen LogP contribution in [0.3, 0.4) is 0 Å². The summed E-state index contributed by atoms with van der Waals surface area (Å²) >= 11 is 0. The lowest BCUT2D eigenvalue weighted by molar-refractivity contribution is 0.00578. The summed E-state index contributed by atoms with van der Waals surface area (Å²) < 4.78 is 25.3. The van der Waals surface area contributed by atoms with Gasteiger partial charge in [0.05, 0.1) is 11.2 Å². The molecular weight excluding hydrogens is 383 g/mol. The zero-order valence-electron chi connectivity index (χ0n) is 20.8. The van der Waals surface area contributed by atoms with Crippen LogP contribution in [-0.2, 0) is 18.2 Å². The normalized spacial score (nSPS) is 20.9. The van der Waals surface area contributed by atoms with Gasteiger partial charge >= 0.3 is 7.12 Å². The Kier molecular flexibility index (Phi) is 8.09. The van der Waals surface area contributed by atoms with Crippen molar-refractivity contribution in [2.45, 2.75) is 117 Å². The molecule has 0 N–H and O–H groups in total. The molecule has 1 heterocycles. The summed E-state index contributed by atoms with van der Waals surface area (Å²) in [6.07, 6.45) is 1.06. The standard InChI is InChI=1S/C21H45BO4Si2/c1-17(2)24-27(10,11)18(14-15-23-28(12,13)19(3,4)5)16-22-25-20(6,7)21(8,9)26-22/h16-17H,14-15H2,1-13H3/b18-16-. The molecule has 7 heteroatoms. The molecule has 0 spiro atoms. The van der Waals surface area contributed by atoms with E-state index in [0.717, 1.165) is 13.0 Å². The molecule has 0 atom stereocenters. The first-order valence-electron chi connectivity index (χ1n) is 10.7. The SMILES string of the molecule is CC(C)O[Si](C)(C)/C(=C\B1OC(C)(C)C(C)(C)O1)CCO[Si](C)(C)C(C)(C)C. The van der Waals surface area contributed by atoms with E-state index >= 15 is 0 Å². The third-order valence-electron chi connectivity index (χ3n) is 6.55. The monoisotopic (exact) mass is 428 g/mol. The molecule has 0 unspecified atom stereocenters. The van der Waals surface area contributed by atoms with Crippen LogP contribution in [0.1, 0.15) is 68.7 Å². The van der Waals surface area contributed by atoms with Gasteiger partial charge in [-0.3, -0.25) is 0 Å². The molecule has 0 radical (unpaired) electrons. The predicted molar refractivity (Wildman–Crippen MR) is 126 cm³/mol. The highest BCUT2D eigenvalue weighted by molar-refractivity contribution is 6.79. The molecular formula is C21H45BO4Si2. The Balaban J connectivity index is 3.02. The summed E-state index contributed by atoms with van der Waals surface area (Å²) in [5.41, 5.74) is -0.664. The fourth-order valence-electron chi connectivity index (χ4n) is 3.00. The minimum Gasteiger partial charge on any atom is -0.417 e. The largest absolute Gasteiger partial charge is 0.486 e. The van der Waals surface area contributed by atoms with Gasteiger partial charge in [0.15, 0.2) is 8.32 Å². The van der Waals surface area contributed by atoms with Crippen molar-refractivity contribution in [2.24, 2.45) is 0 Å². The van der Waals surface area contributed by atoms with Crippen LogP contribution in [0.2, 0.25) is 31.2 Å². The van der Waals surface area contributed by atoms with Crippen molar-refractivity contribution in [3.8, 4) is 0 Å². The quantitative estimate of drug-likeness (QED) is 0.436. The first-order valence-corrected chi connectivity index (χ1v) is 16.5. The maximum absolute atomic E-state index is 6.45. The molecule has 0 amide bonds. The first-order chi connectivity index (χ1) is 12.3. The summed E-state index contributed by atoms with van der Waals surface area (Å²) in [7, 11) is -4.17. The zero-order valence-corrected chi connectivity index (χ0v) is 22.8. The van der Waals surface area contributed by atoms with Gasteiger partial charge in [-0.1, -0.05) is 31.9 Å². The maximum Gasteiger partial charge on any atom is 0.486 e. The van der Waals surface area contributed by atoms with Gasteiger partial charge in [-0.15, -0.1) is 0 Å². The second-order valence-corrected chi connectivity index (χ2v) is 20.1. The van der Waals surface area contributed by atoms with E-state index in [4.69, 9.17) is 18.2 Å². The van der Waals surface area contributed by atoms with Crippen LogP contribution in [0, 0.1) is 0 Å². The Labute approximate surface area is 177 Å². The number of hydrogen-bond acceptors (Lipinski definition) is 4. The fraction of sp³-hybridized carbons (Fsp3) is 0.905. The first kappa shape index (κ1) is 26.1. The predicted octanol–water partition coefficient (Wildman–Crippen LogP) is 6.13. The molecule has 164 valence electrons. The minimum atomic E-state index is -2.06. The lowest BCUT2D eigenvalue weighted by atomic mass is 9.89. The highest BCUT2D eigenvalue weighted by Gasteiger charge is 2.50. The van der Waals surface area contributed by atoms with Crippen molar-refractivity contribution in [1.29, 1.82) is 0 Å². The van der Waals surface area contributed by atoms with Gasteiger partial charge < -0.3 is 18.2 Å². The molecule has 0 aromatic heterocycles. The summed E-state index contributed by atoms with van der Waals surface area (Å²) in [5, 5.41) is 1.52. The average molecular weight is 429 g/mol. The van der Waals surface area contributed by atoms with Crippen molar-refractivity contribution in [3.05, 3.63) is 11.2 Å². The molecule has 1 saturated heterocycles. The fourth-order valence-corrected chi connectivity index (χ4v) is 6.62. The van der Waals surface area contributed by atoms with E-state index in [0.29, 0.717) is 0 Å². The molecule has 0 aromatic carbocycles. The molecule has 1 aliphatic heterocycles. The van der Waals surface area contributed by atoms with Gasteiger partial charge in [-0.25, -0.2) is 0 Å². The molecule has 1 aliphatic rings. The Morgan fingerprint density at radius 3 is 1.86 bits per heavy atom. The molecule has 0 aliphatic carbocycles. The van der Waals surface area contributed by atoms with E-state index in [9.17, 15) is 0 Å². The van der Waals surface area contributed by atoms with E-state index in [-0.39, 0.29) is 29.5 Å². The van der Waals surface area contributed by atoms with Crippen molar-refractivity contribution in [3.63, 3.8) is 0 Å². The van der Waals surface area contributed by atoms with Crippen LogP contribution >= 0.6 is 0 Å². The van der Waals surface area contributed by atoms with Crippen molar-refractivity contribution in [2.75, 3.05) is 6.61 Å². The van der Waals surface area contributed by atoms with Gasteiger partial charge in [-0.2, -0.15) is 0 Å². The molecule has 1 fully saturated rings. The molecule has 1 rings (SSSR count). The summed E-state index contributed by atoms with van der Waals surface area (Å²) in [6, 6.07) is 0. The van der Waals surface area contributed by atoms with Crippen molar-refractivity contribution >= 4 is 23.8 Å². The van der Waals surface area contributed by atoms with Crippen LogP contribution in [-0.4, -0.2) is 47.7 Å². The second-order valence-electron chi connectivity index (χ2n) is 11.4. The molecule has 4 nitrogen and oxygen atoms in total. The van der Waals surface area contributed by atoms with E-state index in [1.807, 2.05) is 0 Å². The highest BCUT2D eigenvalue weighted by Crippen LogP contribution is 2.39. The van der Waals surface area contributed by atoms with E-state index < -0.39 is 16.6 Å². The summed E-state index contributed by atoms with van der Waals surface area (Å²) in [6.45, 7) is 29.3. The van der Waals surface area contributed by atoms with Crippen LogP contribution in [0.15, 0.2) is 11.2 Å². The third kappa shape index (κ3) is 6.54. The molecule has 28 heavy (non-hydrogen) atoms. The Bertz CT molecular complexity index is 547.